The number of amides is 4. The third-order valence-corrected chi connectivity index (χ3v) is 20.9. The zero-order chi connectivity index (χ0) is 70.3. The highest BCUT2D eigenvalue weighted by molar-refractivity contribution is 7.86. The van der Waals surface area contributed by atoms with Crippen molar-refractivity contribution in [3.05, 3.63) is 202 Å². The van der Waals surface area contributed by atoms with Crippen LogP contribution in [0.25, 0.3) is 43.1 Å². The van der Waals surface area contributed by atoms with Crippen LogP contribution in [-0.2, 0) is 40.5 Å². The predicted octanol–water partition coefficient (Wildman–Crippen LogP) is 16.0. The van der Waals surface area contributed by atoms with Gasteiger partial charge in [0.1, 0.15) is 46.0 Å². The quantitative estimate of drug-likeness (QED) is 0.0268. The summed E-state index contributed by atoms with van der Waals surface area (Å²) in [6.07, 6.45) is 0. The van der Waals surface area contributed by atoms with Gasteiger partial charge in [-0.3, -0.25) is 37.4 Å². The van der Waals surface area contributed by atoms with E-state index in [2.05, 4.69) is 0 Å². The van der Waals surface area contributed by atoms with Crippen molar-refractivity contribution in [1.29, 1.82) is 0 Å². The van der Waals surface area contributed by atoms with Crippen molar-refractivity contribution in [2.45, 2.75) is 98.6 Å². The molecule has 0 saturated carbocycles. The van der Waals surface area contributed by atoms with E-state index in [1.807, 2.05) is 67.5 Å². The smallest absolute Gasteiger partial charge is 0.294 e. The Bertz CT molecular complexity index is 5070. The van der Waals surface area contributed by atoms with Crippen LogP contribution >= 0.6 is 0 Å². The lowest BCUT2D eigenvalue weighted by Gasteiger charge is -2.35. The molecule has 2 aliphatic rings. The summed E-state index contributed by atoms with van der Waals surface area (Å²) in [7, 11) is -19.2. The van der Waals surface area contributed by atoms with Crippen molar-refractivity contribution in [1.82, 2.24) is 0 Å². The van der Waals surface area contributed by atoms with E-state index in [9.17, 15) is 51.9 Å². The second-order valence-corrected chi connectivity index (χ2v) is 30.6. The summed E-state index contributed by atoms with van der Waals surface area (Å²) < 4.78 is 168. The van der Waals surface area contributed by atoms with Gasteiger partial charge in [-0.1, -0.05) is 91.8 Å². The number of para-hydroxylation sites is 2. The third-order valence-electron chi connectivity index (χ3n) is 17.4. The topological polar surface area (TPSA) is 329 Å². The highest BCUT2D eigenvalue weighted by Gasteiger charge is 2.44. The number of rotatable bonds is 18. The molecule has 2 heterocycles. The van der Waals surface area contributed by atoms with Crippen LogP contribution in [0.15, 0.2) is 177 Å². The van der Waals surface area contributed by atoms with Gasteiger partial charge in [-0.25, -0.2) is 9.80 Å². The van der Waals surface area contributed by atoms with Crippen molar-refractivity contribution < 1.29 is 90.0 Å². The van der Waals surface area contributed by atoms with Crippen molar-refractivity contribution in [2.75, 3.05) is 9.80 Å². The Hall–Kier alpha value is -10.2. The molecule has 500 valence electrons. The molecule has 4 N–H and O–H groups in total. The van der Waals surface area contributed by atoms with Crippen molar-refractivity contribution in [3.8, 4) is 46.0 Å². The standard InChI is InChI=1S/C72H58N2O20S4/c1-35(2)47-11-9-12-48(36(3)4)67(47)73-69(75)51-31-55(91-39-15-23-43(24-16-39)95(79,80)81)61-63-57(93-41-19-27-45(28-20-41)97(85,86)87)33-53-60-54(72(78)74(71(53)77)68-49(37(5)6)13-10-14-50(68)38(7)8)34-58(94-42-21-29-46(30-22-42)98(88,89)90)64(66(60)63)62-56(32-52(70(73)76)59(51)65(61)62)92-40-17-25-44(26-18-40)96(82,83)84/h9-38H,1-8H3,(H,79,80,81)(H,82,83,84)(H,85,86,87)(H,88,89,90). The summed E-state index contributed by atoms with van der Waals surface area (Å²) >= 11 is 0. The third kappa shape index (κ3) is 11.3. The fraction of sp³-hybridized carbons (Fsp3) is 0.167. The first kappa shape index (κ1) is 66.5. The lowest BCUT2D eigenvalue weighted by Crippen LogP contribution is -2.42. The summed E-state index contributed by atoms with van der Waals surface area (Å²) in [5, 5.41) is -0.454. The Labute approximate surface area is 561 Å². The normalized spacial score (nSPS) is 13.8. The van der Waals surface area contributed by atoms with Crippen LogP contribution in [0.2, 0.25) is 0 Å². The van der Waals surface area contributed by atoms with Gasteiger partial charge in [-0.15, -0.1) is 0 Å². The van der Waals surface area contributed by atoms with Crippen molar-refractivity contribution >= 4 is 119 Å². The van der Waals surface area contributed by atoms with Crippen LogP contribution in [0.5, 0.6) is 46.0 Å². The number of hydrogen-bond acceptors (Lipinski definition) is 16. The average molecular weight is 1400 g/mol. The van der Waals surface area contributed by atoms with Crippen LogP contribution in [0.1, 0.15) is 143 Å². The minimum Gasteiger partial charge on any atom is -0.457 e. The summed E-state index contributed by atoms with van der Waals surface area (Å²) in [5.41, 5.74) is 2.30. The van der Waals surface area contributed by atoms with E-state index in [1.165, 1.54) is 72.8 Å². The van der Waals surface area contributed by atoms with Gasteiger partial charge in [-0.05, 0) is 167 Å². The highest BCUT2D eigenvalue weighted by atomic mass is 32.2. The molecule has 0 unspecified atom stereocenters. The van der Waals surface area contributed by atoms with Gasteiger partial charge in [0.05, 0.1) is 53.2 Å². The lowest BCUT2D eigenvalue weighted by molar-refractivity contribution is 0.0877. The Morgan fingerprint density at radius 1 is 0.286 bits per heavy atom. The minimum atomic E-state index is -4.80. The largest absolute Gasteiger partial charge is 0.457 e. The molecule has 11 aromatic rings. The number of benzene rings is 11. The summed E-state index contributed by atoms with van der Waals surface area (Å²) in [6.45, 7) is 15.1. The molecule has 2 aliphatic heterocycles. The molecular weight excluding hydrogens is 1340 g/mol. The maximum atomic E-state index is 16.3. The first-order valence-corrected chi connectivity index (χ1v) is 36.3. The second kappa shape index (κ2) is 23.8. The molecule has 0 spiro atoms. The highest BCUT2D eigenvalue weighted by Crippen LogP contribution is 2.59. The van der Waals surface area contributed by atoms with Crippen LogP contribution in [-0.4, -0.2) is 75.5 Å². The number of nitrogens with zero attached hydrogens (tertiary/aromatic N) is 2. The Morgan fingerprint density at radius 3 is 0.653 bits per heavy atom. The van der Waals surface area contributed by atoms with E-state index in [-0.39, 0.29) is 146 Å². The van der Waals surface area contributed by atoms with Gasteiger partial charge in [0, 0.05) is 43.1 Å². The van der Waals surface area contributed by atoms with Gasteiger partial charge in [0.2, 0.25) is 0 Å². The van der Waals surface area contributed by atoms with Crippen LogP contribution in [0.3, 0.4) is 0 Å². The number of carbonyl (C=O) groups is 4. The molecule has 98 heavy (non-hydrogen) atoms. The number of imide groups is 2. The summed E-state index contributed by atoms with van der Waals surface area (Å²) in [4.78, 5) is 65.1. The monoisotopic (exact) mass is 1400 g/mol. The number of ether oxygens (including phenoxy) is 4. The number of fused-ring (bicyclic) bond motifs is 2. The molecule has 26 heteroatoms. The van der Waals surface area contributed by atoms with E-state index in [0.29, 0.717) is 22.3 Å². The van der Waals surface area contributed by atoms with E-state index in [1.54, 1.807) is 24.3 Å². The molecule has 11 aromatic carbocycles. The molecule has 13 rings (SSSR count). The second-order valence-electron chi connectivity index (χ2n) is 25.0. The summed E-state index contributed by atoms with van der Waals surface area (Å²) in [6, 6.07) is 34.4. The van der Waals surface area contributed by atoms with Gasteiger partial charge in [0.25, 0.3) is 64.1 Å². The van der Waals surface area contributed by atoms with Crippen molar-refractivity contribution in [2.24, 2.45) is 0 Å². The number of carbonyl (C=O) groups excluding carboxylic acids is 4. The molecule has 0 aromatic heterocycles. The van der Waals surface area contributed by atoms with E-state index in [4.69, 9.17) is 18.9 Å². The number of hydrogen-bond donors (Lipinski definition) is 4. The molecule has 0 fully saturated rings. The summed E-state index contributed by atoms with van der Waals surface area (Å²) in [5.74, 6) is -6.05. The van der Waals surface area contributed by atoms with Gasteiger partial charge >= 0.3 is 0 Å². The van der Waals surface area contributed by atoms with Gasteiger partial charge in [-0.2, -0.15) is 33.7 Å². The Balaban J connectivity index is 1.27. The average Bonchev–Trinajstić information content (AvgIpc) is 0.670. The molecule has 22 nitrogen and oxygen atoms in total. The fourth-order valence-corrected chi connectivity index (χ4v) is 14.9. The van der Waals surface area contributed by atoms with Crippen LogP contribution in [0, 0.1) is 0 Å². The lowest BCUT2D eigenvalue weighted by atomic mass is 9.80. The van der Waals surface area contributed by atoms with Gasteiger partial charge in [0.15, 0.2) is 0 Å². The molecule has 0 atom stereocenters. The van der Waals surface area contributed by atoms with E-state index in [0.717, 1.165) is 58.3 Å². The Kier molecular flexibility index (Phi) is 16.2. The number of anilines is 2. The molecule has 0 aliphatic carbocycles. The predicted molar refractivity (Wildman–Crippen MR) is 364 cm³/mol. The minimum absolute atomic E-state index is 0.0479. The Morgan fingerprint density at radius 2 is 0.480 bits per heavy atom. The van der Waals surface area contributed by atoms with Crippen LogP contribution in [0.4, 0.5) is 11.4 Å². The zero-order valence-corrected chi connectivity index (χ0v) is 56.4. The molecule has 0 saturated heterocycles. The first-order chi connectivity index (χ1) is 46.1. The molecular formula is C72H58N2O20S4. The first-order valence-electron chi connectivity index (χ1n) is 30.5. The maximum Gasteiger partial charge on any atom is 0.294 e. The zero-order valence-electron chi connectivity index (χ0n) is 53.2. The van der Waals surface area contributed by atoms with E-state index >= 15 is 19.2 Å². The maximum absolute atomic E-state index is 16.3. The van der Waals surface area contributed by atoms with Crippen molar-refractivity contribution in [3.63, 3.8) is 0 Å². The van der Waals surface area contributed by atoms with E-state index < -0.39 is 83.7 Å². The SMILES string of the molecule is CC(C)c1cccc(C(C)C)c1N1C(=O)c2cc(Oc3ccc(S(=O)(=O)O)cc3)c3c4c(Oc5ccc(S(=O)(=O)O)cc5)cc5c6c(cc(Oc7ccc(S(=O)(=O)O)cc7)c(c7c(Oc8ccc(S(=O)(=O)O)cc8)cc(c2c37)C1=O)c64)C(=O)N(c1c(C(C)C)cccc1C(C)C)C5=O. The van der Waals surface area contributed by atoms with Crippen LogP contribution < -0.4 is 28.7 Å². The molecule has 0 bridgehead atoms. The fourth-order valence-electron chi connectivity index (χ4n) is 13.0. The van der Waals surface area contributed by atoms with Gasteiger partial charge < -0.3 is 18.9 Å². The molecule has 0 radical (unpaired) electrons. The molecule has 4 amide bonds.